The van der Waals surface area contributed by atoms with Gasteiger partial charge < -0.3 is 5.32 Å². The molecule has 0 bridgehead atoms. The molecule has 2 heterocycles. The van der Waals surface area contributed by atoms with Crippen LogP contribution in [0.1, 0.15) is 0 Å². The number of hydrogen-bond acceptors (Lipinski definition) is 5. The molecule has 0 radical (unpaired) electrons. The third kappa shape index (κ3) is 2.50. The van der Waals surface area contributed by atoms with Gasteiger partial charge in [-0.15, -0.1) is 0 Å². The Bertz CT molecular complexity index is 860. The van der Waals surface area contributed by atoms with Gasteiger partial charge in [-0.1, -0.05) is 17.8 Å². The van der Waals surface area contributed by atoms with E-state index in [-0.39, 0.29) is 5.56 Å². The minimum absolute atomic E-state index is 0.110. The van der Waals surface area contributed by atoms with Crippen LogP contribution in [0.2, 0.25) is 0 Å². The molecule has 0 aliphatic heterocycles. The Morgan fingerprint density at radius 3 is 2.86 bits per heavy atom. The predicted octanol–water partition coefficient (Wildman–Crippen LogP) is 2.54. The van der Waals surface area contributed by atoms with Gasteiger partial charge in [-0.25, -0.2) is 9.97 Å². The molecule has 1 N–H and O–H groups in total. The molecule has 21 heavy (non-hydrogen) atoms. The zero-order valence-electron chi connectivity index (χ0n) is 11.7. The van der Waals surface area contributed by atoms with Crippen LogP contribution in [0.25, 0.3) is 16.7 Å². The highest BCUT2D eigenvalue weighted by Crippen LogP contribution is 2.19. The molecule has 0 aliphatic rings. The minimum Gasteiger partial charge on any atom is -0.388 e. The number of nitrogens with zero attached hydrogens (tertiary/aromatic N) is 3. The summed E-state index contributed by atoms with van der Waals surface area (Å²) in [5.74, 6) is 0. The highest BCUT2D eigenvalue weighted by atomic mass is 32.2. The van der Waals surface area contributed by atoms with Crippen LogP contribution in [0.4, 0.5) is 5.69 Å². The molecule has 0 spiro atoms. The normalized spacial score (nSPS) is 10.8. The van der Waals surface area contributed by atoms with E-state index in [1.54, 1.807) is 16.8 Å². The molecule has 0 aliphatic carbocycles. The van der Waals surface area contributed by atoms with Crippen molar-refractivity contribution in [3.63, 3.8) is 0 Å². The van der Waals surface area contributed by atoms with Gasteiger partial charge in [0.05, 0.1) is 5.69 Å². The van der Waals surface area contributed by atoms with Crippen LogP contribution in [-0.2, 0) is 0 Å². The van der Waals surface area contributed by atoms with Gasteiger partial charge in [0.25, 0.3) is 5.56 Å². The molecule has 0 amide bonds. The van der Waals surface area contributed by atoms with Crippen LogP contribution in [0.15, 0.2) is 52.5 Å². The van der Waals surface area contributed by atoms with E-state index >= 15 is 0 Å². The Balaban J connectivity index is 2.34. The molecule has 106 valence electrons. The van der Waals surface area contributed by atoms with E-state index in [1.165, 1.54) is 17.8 Å². The average Bonchev–Trinajstić information content (AvgIpc) is 2.54. The van der Waals surface area contributed by atoms with E-state index in [9.17, 15) is 4.79 Å². The molecular formula is C15H14N4OS. The van der Waals surface area contributed by atoms with E-state index in [4.69, 9.17) is 0 Å². The quantitative estimate of drug-likeness (QED) is 0.595. The SMILES string of the molecule is CNc1cccc(-n2c(=O)ccc3cnc(SC)nc32)c1. The molecule has 0 atom stereocenters. The largest absolute Gasteiger partial charge is 0.388 e. The van der Waals surface area contributed by atoms with Crippen LogP contribution in [-0.4, -0.2) is 27.8 Å². The number of aromatic nitrogens is 3. The van der Waals surface area contributed by atoms with E-state index < -0.39 is 0 Å². The molecule has 3 rings (SSSR count). The highest BCUT2D eigenvalue weighted by Gasteiger charge is 2.08. The Morgan fingerprint density at radius 1 is 1.24 bits per heavy atom. The fourth-order valence-electron chi connectivity index (χ4n) is 2.15. The summed E-state index contributed by atoms with van der Waals surface area (Å²) in [6.07, 6.45) is 3.65. The van der Waals surface area contributed by atoms with E-state index in [0.29, 0.717) is 10.8 Å². The molecule has 0 saturated carbocycles. The number of pyridine rings is 1. The zero-order chi connectivity index (χ0) is 14.8. The second-order valence-corrected chi connectivity index (χ2v) is 5.22. The molecular weight excluding hydrogens is 284 g/mol. The van der Waals surface area contributed by atoms with Crippen molar-refractivity contribution in [2.24, 2.45) is 0 Å². The van der Waals surface area contributed by atoms with Crippen molar-refractivity contribution in [1.82, 2.24) is 14.5 Å². The molecule has 0 unspecified atom stereocenters. The van der Waals surface area contributed by atoms with Gasteiger partial charge in [0.15, 0.2) is 10.8 Å². The fourth-order valence-corrected chi connectivity index (χ4v) is 2.49. The third-order valence-corrected chi connectivity index (χ3v) is 3.75. The first-order chi connectivity index (χ1) is 10.2. The lowest BCUT2D eigenvalue weighted by Gasteiger charge is -2.11. The lowest BCUT2D eigenvalue weighted by atomic mass is 10.2. The standard InChI is InChI=1S/C15H14N4OS/c1-16-11-4-3-5-12(8-11)19-13(20)7-6-10-9-17-15(21-2)18-14(10)19/h3-9,16H,1-2H3. The third-order valence-electron chi connectivity index (χ3n) is 3.19. The summed E-state index contributed by atoms with van der Waals surface area (Å²) in [5.41, 5.74) is 2.23. The number of benzene rings is 1. The summed E-state index contributed by atoms with van der Waals surface area (Å²) in [7, 11) is 1.85. The maximum atomic E-state index is 12.3. The van der Waals surface area contributed by atoms with Crippen LogP contribution in [0.3, 0.4) is 0 Å². The summed E-state index contributed by atoms with van der Waals surface area (Å²) in [6.45, 7) is 0. The van der Waals surface area contributed by atoms with Gasteiger partial charge in [0.1, 0.15) is 0 Å². The molecule has 6 heteroatoms. The van der Waals surface area contributed by atoms with Crippen molar-refractivity contribution in [3.8, 4) is 5.69 Å². The minimum atomic E-state index is -0.110. The van der Waals surface area contributed by atoms with Crippen molar-refractivity contribution in [3.05, 3.63) is 52.9 Å². The van der Waals surface area contributed by atoms with Crippen molar-refractivity contribution in [1.29, 1.82) is 0 Å². The summed E-state index contributed by atoms with van der Waals surface area (Å²) < 4.78 is 1.61. The molecule has 3 aromatic rings. The second kappa shape index (κ2) is 5.57. The number of hydrogen-bond donors (Lipinski definition) is 1. The van der Waals surface area contributed by atoms with Crippen LogP contribution in [0, 0.1) is 0 Å². The number of fused-ring (bicyclic) bond motifs is 1. The molecule has 5 nitrogen and oxygen atoms in total. The molecule has 1 aromatic carbocycles. The van der Waals surface area contributed by atoms with Gasteiger partial charge in [-0.2, -0.15) is 0 Å². The molecule has 0 saturated heterocycles. The fraction of sp³-hybridized carbons (Fsp3) is 0.133. The first-order valence-electron chi connectivity index (χ1n) is 6.44. The van der Waals surface area contributed by atoms with Gasteiger partial charge in [-0.3, -0.25) is 9.36 Å². The summed E-state index contributed by atoms with van der Waals surface area (Å²) in [5, 5.41) is 4.56. The van der Waals surface area contributed by atoms with Crippen molar-refractivity contribution < 1.29 is 0 Å². The maximum absolute atomic E-state index is 12.3. The first-order valence-corrected chi connectivity index (χ1v) is 7.66. The molecule has 0 fully saturated rings. The number of rotatable bonds is 3. The monoisotopic (exact) mass is 298 g/mol. The van der Waals surface area contributed by atoms with E-state index in [2.05, 4.69) is 15.3 Å². The lowest BCUT2D eigenvalue weighted by molar-refractivity contribution is 0.938. The second-order valence-electron chi connectivity index (χ2n) is 4.44. The Labute approximate surface area is 126 Å². The summed E-state index contributed by atoms with van der Waals surface area (Å²) in [6, 6.07) is 11.0. The van der Waals surface area contributed by atoms with Gasteiger partial charge in [-0.05, 0) is 30.5 Å². The predicted molar refractivity (Wildman–Crippen MR) is 86.5 cm³/mol. The smallest absolute Gasteiger partial charge is 0.256 e. The first kappa shape index (κ1) is 13.6. The van der Waals surface area contributed by atoms with Crippen molar-refractivity contribution in [2.45, 2.75) is 5.16 Å². The number of thioether (sulfide) groups is 1. The van der Waals surface area contributed by atoms with Crippen LogP contribution >= 0.6 is 11.8 Å². The summed E-state index contributed by atoms with van der Waals surface area (Å²) in [4.78, 5) is 21.0. The average molecular weight is 298 g/mol. The van der Waals surface area contributed by atoms with Crippen molar-refractivity contribution >= 4 is 28.5 Å². The number of nitrogens with one attached hydrogen (secondary N) is 1. The summed E-state index contributed by atoms with van der Waals surface area (Å²) >= 11 is 1.45. The number of anilines is 1. The van der Waals surface area contributed by atoms with E-state index in [1.807, 2.05) is 37.6 Å². The highest BCUT2D eigenvalue weighted by molar-refractivity contribution is 7.98. The Kier molecular flexibility index (Phi) is 3.62. The van der Waals surface area contributed by atoms with Gasteiger partial charge >= 0.3 is 0 Å². The maximum Gasteiger partial charge on any atom is 0.256 e. The lowest BCUT2D eigenvalue weighted by Crippen LogP contribution is -2.18. The van der Waals surface area contributed by atoms with Crippen LogP contribution < -0.4 is 10.9 Å². The van der Waals surface area contributed by atoms with Gasteiger partial charge in [0, 0.05) is 30.4 Å². The Morgan fingerprint density at radius 2 is 2.10 bits per heavy atom. The molecule has 2 aromatic heterocycles. The topological polar surface area (TPSA) is 59.8 Å². The van der Waals surface area contributed by atoms with Gasteiger partial charge in [0.2, 0.25) is 0 Å². The van der Waals surface area contributed by atoms with E-state index in [0.717, 1.165) is 16.8 Å². The van der Waals surface area contributed by atoms with Crippen LogP contribution in [0.5, 0.6) is 0 Å². The zero-order valence-corrected chi connectivity index (χ0v) is 12.5. The Hall–Kier alpha value is -2.34. The van der Waals surface area contributed by atoms with Crippen molar-refractivity contribution in [2.75, 3.05) is 18.6 Å².